The van der Waals surface area contributed by atoms with Gasteiger partial charge in [-0.15, -0.1) is 0 Å². The normalized spacial score (nSPS) is 10.9. The lowest BCUT2D eigenvalue weighted by molar-refractivity contribution is 0.111. The predicted molar refractivity (Wildman–Crippen MR) is 99.7 cm³/mol. The monoisotopic (exact) mass is 324 g/mol. The van der Waals surface area contributed by atoms with Crippen molar-refractivity contribution in [1.82, 2.24) is 0 Å². The second-order valence-electron chi connectivity index (χ2n) is 6.14. The lowest BCUT2D eigenvalue weighted by atomic mass is 10.0. The molecule has 0 unspecified atom stereocenters. The Morgan fingerprint density at radius 2 is 0.960 bits per heavy atom. The Labute approximate surface area is 146 Å². The summed E-state index contributed by atoms with van der Waals surface area (Å²) < 4.78 is 0. The van der Waals surface area contributed by atoms with E-state index < -0.39 is 0 Å². The molecule has 0 heterocycles. The number of fused-ring (bicyclic) bond motifs is 2. The first-order chi connectivity index (χ1) is 12.3. The predicted octanol–water partition coefficient (Wildman–Crippen LogP) is 5.11. The van der Waals surface area contributed by atoms with Gasteiger partial charge in [-0.25, -0.2) is 0 Å². The first-order valence-corrected chi connectivity index (χ1v) is 8.23. The summed E-state index contributed by atoms with van der Waals surface area (Å²) in [5.41, 5.74) is 7.70. The maximum absolute atomic E-state index is 11.4. The van der Waals surface area contributed by atoms with Gasteiger partial charge in [-0.2, -0.15) is 0 Å². The van der Waals surface area contributed by atoms with Crippen molar-refractivity contribution in [3.05, 3.63) is 95.1 Å². The van der Waals surface area contributed by atoms with Crippen LogP contribution in [0.15, 0.2) is 72.8 Å². The van der Waals surface area contributed by atoms with Crippen molar-refractivity contribution in [2.75, 3.05) is 0 Å². The van der Waals surface area contributed by atoms with E-state index in [1.54, 1.807) is 0 Å². The summed E-state index contributed by atoms with van der Waals surface area (Å²) in [7, 11) is 0. The third-order valence-electron chi connectivity index (χ3n) is 4.68. The highest BCUT2D eigenvalue weighted by molar-refractivity contribution is 5.94. The highest BCUT2D eigenvalue weighted by Gasteiger charge is 2.19. The second kappa shape index (κ2) is 6.33. The van der Waals surface area contributed by atoms with E-state index in [0.29, 0.717) is 17.5 Å². The van der Waals surface area contributed by atoms with Crippen LogP contribution >= 0.6 is 0 Å². The molecule has 4 aliphatic carbocycles. The molecule has 0 aromatic carbocycles. The molecule has 2 heteroatoms. The van der Waals surface area contributed by atoms with Gasteiger partial charge in [0.1, 0.15) is 0 Å². The van der Waals surface area contributed by atoms with Crippen LogP contribution in [0.3, 0.4) is 0 Å². The van der Waals surface area contributed by atoms with Gasteiger partial charge in [-0.05, 0) is 51.9 Å². The standard InChI is InChI=1S/C23H16O2/c24-14-18-12-16(20-7-3-1-5-9-22(18)20)11-17-13-19(15-25)23-10-6-2-4-8-21(17)23/h1-10,12-15H,11H2. The maximum Gasteiger partial charge on any atom is 0.150 e. The summed E-state index contributed by atoms with van der Waals surface area (Å²) in [6.45, 7) is 0. The average Bonchev–Trinajstić information content (AvgIpc) is 2.91. The topological polar surface area (TPSA) is 34.1 Å². The molecule has 0 bridgehead atoms. The highest BCUT2D eigenvalue weighted by Crippen LogP contribution is 2.37. The van der Waals surface area contributed by atoms with Crippen molar-refractivity contribution in [3.63, 3.8) is 0 Å². The van der Waals surface area contributed by atoms with E-state index in [4.69, 9.17) is 0 Å². The fourth-order valence-corrected chi connectivity index (χ4v) is 3.54. The largest absolute Gasteiger partial charge is 0.298 e. The fraction of sp³-hybridized carbons (Fsp3) is 0.0435. The zero-order valence-electron chi connectivity index (χ0n) is 13.6. The second-order valence-corrected chi connectivity index (χ2v) is 6.14. The molecular formula is C23H16O2. The molecular weight excluding hydrogens is 308 g/mol. The van der Waals surface area contributed by atoms with Crippen molar-refractivity contribution < 1.29 is 9.59 Å². The number of carbonyl (C=O) groups excluding carboxylic acids is 2. The molecule has 0 atom stereocenters. The van der Waals surface area contributed by atoms with E-state index in [0.717, 1.165) is 46.0 Å². The Hall–Kier alpha value is -3.26. The third-order valence-corrected chi connectivity index (χ3v) is 4.68. The van der Waals surface area contributed by atoms with E-state index in [9.17, 15) is 9.59 Å². The van der Waals surface area contributed by atoms with E-state index in [2.05, 4.69) is 0 Å². The van der Waals surface area contributed by atoms with Crippen LogP contribution in [-0.2, 0) is 6.42 Å². The smallest absolute Gasteiger partial charge is 0.150 e. The van der Waals surface area contributed by atoms with Gasteiger partial charge < -0.3 is 0 Å². The summed E-state index contributed by atoms with van der Waals surface area (Å²) in [6.07, 6.45) is 2.50. The van der Waals surface area contributed by atoms with Gasteiger partial charge in [0, 0.05) is 11.1 Å². The average molecular weight is 324 g/mol. The van der Waals surface area contributed by atoms with Crippen LogP contribution < -0.4 is 0 Å². The van der Waals surface area contributed by atoms with Crippen LogP contribution in [0.1, 0.15) is 31.8 Å². The minimum atomic E-state index is 0.683. The molecule has 0 fully saturated rings. The number of carbonyl (C=O) groups is 2. The summed E-state index contributed by atoms with van der Waals surface area (Å²) in [4.78, 5) is 22.9. The Morgan fingerprint density at radius 1 is 0.560 bits per heavy atom. The van der Waals surface area contributed by atoms with E-state index in [-0.39, 0.29) is 0 Å². The van der Waals surface area contributed by atoms with Gasteiger partial charge in [0.15, 0.2) is 12.6 Å². The Morgan fingerprint density at radius 3 is 1.36 bits per heavy atom. The molecule has 0 aliphatic heterocycles. The van der Waals surface area contributed by atoms with Gasteiger partial charge in [0.05, 0.1) is 0 Å². The first kappa shape index (κ1) is 15.3. The number of hydrogen-bond acceptors (Lipinski definition) is 2. The molecule has 4 aliphatic rings. The molecule has 25 heavy (non-hydrogen) atoms. The quantitative estimate of drug-likeness (QED) is 0.489. The van der Waals surface area contributed by atoms with E-state index >= 15 is 0 Å². The summed E-state index contributed by atoms with van der Waals surface area (Å²) in [5.74, 6) is 0. The molecule has 0 saturated carbocycles. The van der Waals surface area contributed by atoms with Crippen molar-refractivity contribution in [2.24, 2.45) is 0 Å². The van der Waals surface area contributed by atoms with Crippen LogP contribution in [0, 0.1) is 0 Å². The van der Waals surface area contributed by atoms with Gasteiger partial charge >= 0.3 is 0 Å². The van der Waals surface area contributed by atoms with Crippen LogP contribution in [-0.4, -0.2) is 12.6 Å². The van der Waals surface area contributed by atoms with Crippen molar-refractivity contribution in [2.45, 2.75) is 6.42 Å². The zero-order chi connectivity index (χ0) is 17.2. The van der Waals surface area contributed by atoms with Crippen molar-refractivity contribution in [3.8, 4) is 22.3 Å². The maximum atomic E-state index is 11.4. The minimum Gasteiger partial charge on any atom is -0.298 e. The summed E-state index contributed by atoms with van der Waals surface area (Å²) >= 11 is 0. The first-order valence-electron chi connectivity index (χ1n) is 8.23. The van der Waals surface area contributed by atoms with Crippen molar-refractivity contribution >= 4 is 12.6 Å². The Balaban J connectivity index is 1.86. The molecule has 0 aromatic heterocycles. The molecule has 0 radical (unpaired) electrons. The molecule has 0 amide bonds. The zero-order valence-corrected chi connectivity index (χ0v) is 13.6. The van der Waals surface area contributed by atoms with Gasteiger partial charge in [-0.1, -0.05) is 60.7 Å². The fourth-order valence-electron chi connectivity index (χ4n) is 3.54. The molecule has 0 N–H and O–H groups in total. The summed E-state index contributed by atoms with van der Waals surface area (Å²) in [5, 5.41) is 0. The van der Waals surface area contributed by atoms with E-state index in [1.807, 2.05) is 72.8 Å². The molecule has 0 saturated heterocycles. The number of rotatable bonds is 4. The lowest BCUT2D eigenvalue weighted by Gasteiger charge is -2.03. The highest BCUT2D eigenvalue weighted by atomic mass is 16.1. The van der Waals surface area contributed by atoms with Crippen LogP contribution in [0.25, 0.3) is 22.3 Å². The third kappa shape index (κ3) is 2.62. The lowest BCUT2D eigenvalue weighted by Crippen LogP contribution is -1.87. The van der Waals surface area contributed by atoms with Crippen LogP contribution in [0.2, 0.25) is 0 Å². The Bertz CT molecular complexity index is 934. The van der Waals surface area contributed by atoms with Crippen LogP contribution in [0.5, 0.6) is 0 Å². The molecule has 4 rings (SSSR count). The molecule has 0 aromatic rings. The minimum absolute atomic E-state index is 0.683. The molecule has 120 valence electrons. The van der Waals surface area contributed by atoms with Gasteiger partial charge in [-0.3, -0.25) is 9.59 Å². The number of hydrogen-bond donors (Lipinski definition) is 0. The van der Waals surface area contributed by atoms with E-state index in [1.165, 1.54) is 0 Å². The van der Waals surface area contributed by atoms with Crippen molar-refractivity contribution in [1.29, 1.82) is 0 Å². The SMILES string of the molecule is O=Cc1cc(Cc2cc(C=O)c3cccccc2-3)c2cccccc1-2. The Kier molecular flexibility index (Phi) is 3.87. The number of aldehydes is 2. The molecule has 0 spiro atoms. The van der Waals surface area contributed by atoms with Gasteiger partial charge in [0.2, 0.25) is 0 Å². The van der Waals surface area contributed by atoms with Gasteiger partial charge in [0.25, 0.3) is 0 Å². The molecule has 2 nitrogen and oxygen atoms in total. The summed E-state index contributed by atoms with van der Waals surface area (Å²) in [6, 6.07) is 23.7. The van der Waals surface area contributed by atoms with Crippen LogP contribution in [0.4, 0.5) is 0 Å².